The lowest BCUT2D eigenvalue weighted by Crippen LogP contribution is -2.61. The van der Waals surface area contributed by atoms with Crippen LogP contribution >= 0.6 is 0 Å². The van der Waals surface area contributed by atoms with Gasteiger partial charge in [-0.2, -0.15) is 0 Å². The summed E-state index contributed by atoms with van der Waals surface area (Å²) in [6, 6.07) is -1.05. The highest BCUT2D eigenvalue weighted by Crippen LogP contribution is 2.26. The molecule has 1 fully saturated rings. The monoisotopic (exact) mass is 1200 g/mol. The average molecular weight is 1200 g/mol. The minimum absolute atomic E-state index is 0.0783. The van der Waals surface area contributed by atoms with Gasteiger partial charge in [-0.15, -0.1) is 0 Å². The molecule has 0 radical (unpaired) electrons. The third-order valence-electron chi connectivity index (χ3n) is 15.3. The van der Waals surface area contributed by atoms with Crippen LogP contribution in [0.15, 0.2) is 134 Å². The molecule has 490 valence electrons. The molecule has 1 heterocycles. The van der Waals surface area contributed by atoms with Crippen LogP contribution in [0.3, 0.4) is 0 Å². The van der Waals surface area contributed by atoms with Gasteiger partial charge in [0.15, 0.2) is 12.4 Å². The number of allylic oxidation sites excluding steroid dienone is 21. The second-order valence-electron chi connectivity index (χ2n) is 23.2. The molecule has 6 N–H and O–H groups in total. The number of esters is 1. The van der Waals surface area contributed by atoms with Crippen molar-refractivity contribution in [2.75, 3.05) is 13.2 Å². The Morgan fingerprint density at radius 1 is 0.465 bits per heavy atom. The number of nitrogens with one attached hydrogen (secondary N) is 1. The zero-order chi connectivity index (χ0) is 62.4. The van der Waals surface area contributed by atoms with E-state index < -0.39 is 67.4 Å². The molecule has 0 bridgehead atoms. The lowest BCUT2D eigenvalue weighted by molar-refractivity contribution is -0.305. The van der Waals surface area contributed by atoms with Crippen LogP contribution in [0.1, 0.15) is 265 Å². The van der Waals surface area contributed by atoms with E-state index in [1.54, 1.807) is 6.08 Å². The Kier molecular flexibility index (Phi) is 56.7. The van der Waals surface area contributed by atoms with E-state index in [1.165, 1.54) is 77.0 Å². The standard InChI is InChI=1S/C75H125NO10/c1-4-7-10-13-16-19-22-25-27-29-31-32-33-34-35-36-37-39-40-42-44-47-50-53-56-59-62-68(79)74(83)76-66(67(78)61-58-55-52-49-46-24-21-18-15-12-9-6-3)65-84-75-73(72(82)71(81)69(64-77)85-75)86-70(80)63-60-57-54-51-48-45-43-41-38-30-28-26-23-20-17-14-11-8-5-2/h7,10,16-17,19-20,25-28,31-32,34-35,37-39,41,45,48,58,61,66-69,71-73,75,77-79,81-82H,4-6,8-9,11-15,18,21-24,29-30,33,36,40,42-44,46-47,49-57,59-60,62-65H2,1-3H3,(H,76,83)/b10-7-,19-16-,20-17-,27-25-,28-26-,32-31-,35-34-,39-37-,41-38-,48-45-,61-58+. The zero-order valence-electron chi connectivity index (χ0n) is 54.4. The van der Waals surface area contributed by atoms with Gasteiger partial charge in [-0.1, -0.05) is 270 Å². The molecule has 0 spiro atoms. The quantitative estimate of drug-likeness (QED) is 0.0195. The number of unbranched alkanes of at least 4 members (excludes halogenated alkanes) is 23. The van der Waals surface area contributed by atoms with Crippen LogP contribution in [0.4, 0.5) is 0 Å². The number of rotatable bonds is 57. The zero-order valence-corrected chi connectivity index (χ0v) is 54.4. The number of carbonyl (C=O) groups excluding carboxylic acids is 2. The fraction of sp³-hybridized carbons (Fsp3) is 0.680. The summed E-state index contributed by atoms with van der Waals surface area (Å²) < 4.78 is 17.6. The Labute approximate surface area is 524 Å². The van der Waals surface area contributed by atoms with Crippen LogP contribution in [-0.2, 0) is 23.8 Å². The minimum Gasteiger partial charge on any atom is -0.454 e. The molecule has 1 aliphatic heterocycles. The van der Waals surface area contributed by atoms with Gasteiger partial charge in [0.05, 0.1) is 25.4 Å². The van der Waals surface area contributed by atoms with Crippen molar-refractivity contribution in [3.8, 4) is 0 Å². The molecule has 1 amide bonds. The third-order valence-corrected chi connectivity index (χ3v) is 15.3. The normalized spacial score (nSPS) is 19.2. The van der Waals surface area contributed by atoms with E-state index >= 15 is 0 Å². The molecule has 0 saturated carbocycles. The Bertz CT molecular complexity index is 1910. The molecule has 11 nitrogen and oxygen atoms in total. The smallest absolute Gasteiger partial charge is 0.306 e. The maximum Gasteiger partial charge on any atom is 0.306 e. The molecule has 0 aromatic rings. The molecule has 8 atom stereocenters. The highest BCUT2D eigenvalue weighted by molar-refractivity contribution is 5.80. The maximum atomic E-state index is 13.5. The van der Waals surface area contributed by atoms with Crippen LogP contribution < -0.4 is 5.32 Å². The van der Waals surface area contributed by atoms with Crippen molar-refractivity contribution < 1.29 is 49.3 Å². The van der Waals surface area contributed by atoms with Crippen molar-refractivity contribution in [1.82, 2.24) is 5.32 Å². The Hall–Kier alpha value is -4.20. The first-order chi connectivity index (χ1) is 42.2. The number of hydrogen-bond donors (Lipinski definition) is 6. The summed E-state index contributed by atoms with van der Waals surface area (Å²) in [5.74, 6) is -1.24. The average Bonchev–Trinajstić information content (AvgIpc) is 3.68. The van der Waals surface area contributed by atoms with E-state index in [-0.39, 0.29) is 19.4 Å². The first-order valence-electron chi connectivity index (χ1n) is 34.5. The maximum absolute atomic E-state index is 13.5. The van der Waals surface area contributed by atoms with E-state index in [1.807, 2.05) is 6.08 Å². The Morgan fingerprint density at radius 2 is 0.837 bits per heavy atom. The summed E-state index contributed by atoms with van der Waals surface area (Å²) in [6.07, 6.45) is 76.2. The lowest BCUT2D eigenvalue weighted by atomic mass is 9.99. The number of ether oxygens (including phenoxy) is 3. The number of aliphatic hydroxyl groups excluding tert-OH is 5. The first kappa shape index (κ1) is 79.8. The molecule has 11 heteroatoms. The molecule has 1 rings (SSSR count). The van der Waals surface area contributed by atoms with Gasteiger partial charge in [0.2, 0.25) is 5.91 Å². The van der Waals surface area contributed by atoms with Crippen LogP contribution in [0.2, 0.25) is 0 Å². The molecular weight excluding hydrogens is 1070 g/mol. The number of hydrogen-bond acceptors (Lipinski definition) is 10. The Balaban J connectivity index is 2.64. The van der Waals surface area contributed by atoms with E-state index in [4.69, 9.17) is 14.2 Å². The predicted octanol–water partition coefficient (Wildman–Crippen LogP) is 17.6. The van der Waals surface area contributed by atoms with Crippen LogP contribution in [0.25, 0.3) is 0 Å². The second kappa shape index (κ2) is 61.1. The number of aliphatic hydroxyl groups is 5. The van der Waals surface area contributed by atoms with Crippen molar-refractivity contribution in [3.05, 3.63) is 134 Å². The van der Waals surface area contributed by atoms with E-state index in [2.05, 4.69) is 148 Å². The molecule has 0 aromatic heterocycles. The molecule has 0 aliphatic carbocycles. The first-order valence-corrected chi connectivity index (χ1v) is 34.5. The van der Waals surface area contributed by atoms with Crippen molar-refractivity contribution in [1.29, 1.82) is 0 Å². The van der Waals surface area contributed by atoms with Crippen LogP contribution in [0, 0.1) is 0 Å². The van der Waals surface area contributed by atoms with Gasteiger partial charge in [0.25, 0.3) is 0 Å². The fourth-order valence-corrected chi connectivity index (χ4v) is 9.87. The molecule has 8 unspecified atom stereocenters. The van der Waals surface area contributed by atoms with Gasteiger partial charge in [-0.05, 0) is 122 Å². The van der Waals surface area contributed by atoms with Crippen molar-refractivity contribution in [3.63, 3.8) is 0 Å². The minimum atomic E-state index is -1.64. The summed E-state index contributed by atoms with van der Waals surface area (Å²) in [6.45, 7) is 5.62. The summed E-state index contributed by atoms with van der Waals surface area (Å²) in [5, 5.41) is 57.2. The summed E-state index contributed by atoms with van der Waals surface area (Å²) in [4.78, 5) is 26.6. The highest BCUT2D eigenvalue weighted by atomic mass is 16.7. The van der Waals surface area contributed by atoms with Crippen molar-refractivity contribution >= 4 is 11.9 Å². The van der Waals surface area contributed by atoms with Crippen molar-refractivity contribution in [2.24, 2.45) is 0 Å². The van der Waals surface area contributed by atoms with Crippen LogP contribution in [-0.4, -0.2) is 99.6 Å². The van der Waals surface area contributed by atoms with E-state index in [0.29, 0.717) is 12.8 Å². The SMILES string of the molecule is CC/C=C\C/C=C\C/C=C\C/C=C\C/C=C\C/C=C\CCCCCCCCCC(O)C(=O)NC(COC1OC(CO)C(O)C(O)C1OC(=O)CCCCC/C=C\C/C=C\C/C=C\C/C=C\CCCCC)C(O)/C=C/CCCCCCCCCCCC. The molecule has 1 saturated heterocycles. The van der Waals surface area contributed by atoms with Gasteiger partial charge in [-0.3, -0.25) is 9.59 Å². The van der Waals surface area contributed by atoms with Gasteiger partial charge in [0, 0.05) is 6.42 Å². The second-order valence-corrected chi connectivity index (χ2v) is 23.2. The van der Waals surface area contributed by atoms with Gasteiger partial charge in [-0.25, -0.2) is 0 Å². The molecular formula is C75H125NO10. The highest BCUT2D eigenvalue weighted by Gasteiger charge is 2.47. The summed E-state index contributed by atoms with van der Waals surface area (Å²) in [5.41, 5.74) is 0. The Morgan fingerprint density at radius 3 is 1.28 bits per heavy atom. The van der Waals surface area contributed by atoms with Crippen LogP contribution in [0.5, 0.6) is 0 Å². The summed E-state index contributed by atoms with van der Waals surface area (Å²) in [7, 11) is 0. The number of carbonyl (C=O) groups is 2. The van der Waals surface area contributed by atoms with E-state index in [9.17, 15) is 35.1 Å². The largest absolute Gasteiger partial charge is 0.454 e. The van der Waals surface area contributed by atoms with Gasteiger partial charge >= 0.3 is 5.97 Å². The topological polar surface area (TPSA) is 175 Å². The van der Waals surface area contributed by atoms with Gasteiger partial charge in [0.1, 0.15) is 24.4 Å². The number of amides is 1. The summed E-state index contributed by atoms with van der Waals surface area (Å²) >= 11 is 0. The van der Waals surface area contributed by atoms with Gasteiger partial charge < -0.3 is 45.1 Å². The lowest BCUT2D eigenvalue weighted by Gasteiger charge is -2.41. The fourth-order valence-electron chi connectivity index (χ4n) is 9.87. The molecule has 0 aromatic carbocycles. The van der Waals surface area contributed by atoms with Crippen molar-refractivity contribution in [2.45, 2.75) is 314 Å². The van der Waals surface area contributed by atoms with E-state index in [0.717, 1.165) is 141 Å². The molecule has 1 aliphatic rings. The third kappa shape index (κ3) is 47.8. The predicted molar refractivity (Wildman–Crippen MR) is 361 cm³/mol. The molecule has 86 heavy (non-hydrogen) atoms.